The Hall–Kier alpha value is -4.75. The van der Waals surface area contributed by atoms with E-state index in [9.17, 15) is 16.8 Å². The number of piperidine rings is 2. The Morgan fingerprint density at radius 3 is 1.53 bits per heavy atom. The summed E-state index contributed by atoms with van der Waals surface area (Å²) in [7, 11) is -1.35. The van der Waals surface area contributed by atoms with Crippen LogP contribution in [0.15, 0.2) is 73.8 Å². The molecule has 0 bridgehead atoms. The fourth-order valence-corrected chi connectivity index (χ4v) is 10.5. The van der Waals surface area contributed by atoms with Gasteiger partial charge >= 0.3 is 0 Å². The van der Waals surface area contributed by atoms with Crippen molar-refractivity contribution in [3.63, 3.8) is 0 Å². The summed E-state index contributed by atoms with van der Waals surface area (Å²) in [5.41, 5.74) is 3.38. The van der Waals surface area contributed by atoms with Gasteiger partial charge in [0.2, 0.25) is 30.8 Å². The van der Waals surface area contributed by atoms with E-state index in [1.54, 1.807) is 23.0 Å². The van der Waals surface area contributed by atoms with E-state index >= 15 is 0 Å². The van der Waals surface area contributed by atoms with E-state index in [2.05, 4.69) is 50.6 Å². The second-order valence-electron chi connectivity index (χ2n) is 15.2. The predicted molar refractivity (Wildman–Crippen MR) is 224 cm³/mol. The van der Waals surface area contributed by atoms with Gasteiger partial charge in [0.25, 0.3) is 0 Å². The molecule has 10 rings (SSSR count). The minimum Gasteiger partial charge on any atom is -0.436 e. The van der Waals surface area contributed by atoms with E-state index < -0.39 is 19.1 Å². The molecule has 2 aliphatic heterocycles. The molecule has 0 spiro atoms. The fraction of sp³-hybridized carbons (Fsp3) is 0.450. The van der Waals surface area contributed by atoms with Gasteiger partial charge in [0.15, 0.2) is 11.5 Å². The molecule has 6 aromatic rings. The summed E-state index contributed by atoms with van der Waals surface area (Å²) < 4.78 is 63.3. The summed E-state index contributed by atoms with van der Waals surface area (Å²) in [4.78, 5) is 26.1. The highest BCUT2D eigenvalue weighted by Crippen LogP contribution is 2.37. The largest absolute Gasteiger partial charge is 0.436 e. The van der Waals surface area contributed by atoms with Gasteiger partial charge in [-0.3, -0.25) is 9.97 Å². The molecule has 8 heterocycles. The molecule has 2 aliphatic carbocycles. The van der Waals surface area contributed by atoms with Gasteiger partial charge in [-0.05, 0) is 115 Å². The number of aryl methyl sites for hydroxylation is 2. The second kappa shape index (κ2) is 17.5. The molecule has 0 aromatic carbocycles. The number of hydrogen-bond donors (Lipinski definition) is 1. The Morgan fingerprint density at radius 2 is 1.10 bits per heavy atom. The van der Waals surface area contributed by atoms with Crippen molar-refractivity contribution in [3.8, 4) is 23.3 Å². The number of ether oxygens (including phenoxy) is 2. The van der Waals surface area contributed by atoms with Crippen LogP contribution in [0.2, 0.25) is 0 Å². The number of nitrogens with zero attached hydrogens (tertiary/aromatic N) is 9. The number of pyridine rings is 2. The Labute approximate surface area is 347 Å². The van der Waals surface area contributed by atoms with Gasteiger partial charge in [0.1, 0.15) is 23.9 Å². The minimum atomic E-state index is -3.16. The molecule has 0 radical (unpaired) electrons. The number of hydrogen-bond acceptors (Lipinski definition) is 13. The van der Waals surface area contributed by atoms with Crippen LogP contribution >= 0.6 is 10.7 Å². The third-order valence-corrected chi connectivity index (χ3v) is 15.4. The molecular weight excluding hydrogens is 816 g/mol. The lowest BCUT2D eigenvalue weighted by atomic mass is 10.1. The van der Waals surface area contributed by atoms with Crippen molar-refractivity contribution in [2.75, 3.05) is 26.2 Å². The number of nitrogens with one attached hydrogen (secondary N) is 1. The maximum atomic E-state index is 12.5. The number of sulfonamides is 1. The lowest BCUT2D eigenvalue weighted by Crippen LogP contribution is -2.40. The van der Waals surface area contributed by atoms with E-state index in [1.807, 2.05) is 56.4 Å². The first-order valence-electron chi connectivity index (χ1n) is 19.9. The van der Waals surface area contributed by atoms with Crippen LogP contribution in [0.3, 0.4) is 0 Å². The van der Waals surface area contributed by atoms with Gasteiger partial charge in [0.05, 0.1) is 32.7 Å². The average Bonchev–Trinajstić information content (AvgIpc) is 4.19. The maximum absolute atomic E-state index is 12.5. The van der Waals surface area contributed by atoms with Crippen LogP contribution in [0.1, 0.15) is 74.8 Å². The van der Waals surface area contributed by atoms with E-state index in [-0.39, 0.29) is 16.5 Å². The molecule has 0 atom stereocenters. The molecule has 0 unspecified atom stereocenters. The smallest absolute Gasteiger partial charge is 0.235 e. The van der Waals surface area contributed by atoms with Gasteiger partial charge in [-0.15, -0.1) is 0 Å². The van der Waals surface area contributed by atoms with Gasteiger partial charge < -0.3 is 23.9 Å². The van der Waals surface area contributed by atoms with Crippen molar-refractivity contribution < 1.29 is 26.3 Å². The normalized spacial score (nSPS) is 18.2. The van der Waals surface area contributed by atoms with Gasteiger partial charge in [-0.1, -0.05) is 0 Å². The molecule has 19 heteroatoms. The molecule has 6 aromatic heterocycles. The number of rotatable bonds is 9. The van der Waals surface area contributed by atoms with Crippen LogP contribution in [0.5, 0.6) is 23.3 Å². The SMILES string of the molecule is Cc1ncccc1Oc1ncnc2c1ccn2C1CCN(S(=O)(=O)C2CC2)CC1.Cc1ncccc1Oc1ncnc2c1ccn2C1CCNCC1.O=S(=O)(Cl)C1CC1. The van der Waals surface area contributed by atoms with Crippen LogP contribution in [0.4, 0.5) is 0 Å². The number of fused-ring (bicyclic) bond motifs is 2. The highest BCUT2D eigenvalue weighted by atomic mass is 35.7. The van der Waals surface area contributed by atoms with Crippen molar-refractivity contribution in [1.29, 1.82) is 0 Å². The van der Waals surface area contributed by atoms with Gasteiger partial charge in [0, 0.05) is 60.6 Å². The van der Waals surface area contributed by atoms with Crippen LogP contribution in [-0.2, 0) is 19.1 Å². The van der Waals surface area contributed by atoms with Gasteiger partial charge in [-0.2, -0.15) is 0 Å². The third kappa shape index (κ3) is 9.51. The van der Waals surface area contributed by atoms with E-state index in [4.69, 9.17) is 20.2 Å². The monoisotopic (exact) mass is 862 g/mol. The van der Waals surface area contributed by atoms with Gasteiger partial charge in [-0.25, -0.2) is 41.1 Å². The zero-order valence-electron chi connectivity index (χ0n) is 32.9. The Bertz CT molecular complexity index is 2640. The molecule has 2 saturated carbocycles. The van der Waals surface area contributed by atoms with Crippen molar-refractivity contribution in [2.45, 2.75) is 87.8 Å². The molecule has 4 fully saturated rings. The summed E-state index contributed by atoms with van der Waals surface area (Å²) in [6.07, 6.45) is 17.6. The van der Waals surface area contributed by atoms with Crippen LogP contribution in [0, 0.1) is 13.8 Å². The third-order valence-electron chi connectivity index (χ3n) is 11.0. The molecule has 312 valence electrons. The van der Waals surface area contributed by atoms with E-state index in [0.717, 1.165) is 104 Å². The average molecular weight is 863 g/mol. The first-order chi connectivity index (χ1) is 28.5. The Kier molecular flexibility index (Phi) is 12.1. The highest BCUT2D eigenvalue weighted by molar-refractivity contribution is 8.14. The van der Waals surface area contributed by atoms with Crippen molar-refractivity contribution >= 4 is 51.8 Å². The molecular formula is C40H47ClN10O6S2. The maximum Gasteiger partial charge on any atom is 0.235 e. The van der Waals surface area contributed by atoms with Crippen molar-refractivity contribution in [3.05, 3.63) is 85.2 Å². The lowest BCUT2D eigenvalue weighted by molar-refractivity contribution is 0.277. The molecule has 2 saturated heterocycles. The highest BCUT2D eigenvalue weighted by Gasteiger charge is 2.41. The molecule has 1 N–H and O–H groups in total. The zero-order valence-corrected chi connectivity index (χ0v) is 35.3. The Morgan fingerprint density at radius 1 is 0.627 bits per heavy atom. The summed E-state index contributed by atoms with van der Waals surface area (Å²) >= 11 is 0. The Balaban J connectivity index is 0.000000144. The zero-order chi connectivity index (χ0) is 41.1. The van der Waals surface area contributed by atoms with E-state index in [1.165, 1.54) is 6.33 Å². The summed E-state index contributed by atoms with van der Waals surface area (Å²) in [6.45, 7) is 7.04. The standard InChI is InChI=1S/C20H23N5O3S.C17H19N5O.C3H5ClO2S/c1-14-18(3-2-9-21-14)28-20-17-8-12-25(19(17)22-13-23-20)15-6-10-24(11-7-15)29(26,27)16-4-5-16;1-12-15(3-2-7-19-12)23-17-14-6-10-22(16(14)20-11-21-17)13-4-8-18-9-5-13;4-7(5,6)3-1-2-3/h2-3,8-9,12-13,15-16H,4-7,10-11H2,1H3;2-3,6-7,10-11,13,18H,4-5,8-9H2,1H3;3H,1-2H2. The molecule has 0 amide bonds. The van der Waals surface area contributed by atoms with Crippen LogP contribution < -0.4 is 14.8 Å². The second-order valence-corrected chi connectivity index (χ2v) is 20.3. The number of aromatic nitrogens is 8. The predicted octanol–water partition coefficient (Wildman–Crippen LogP) is 6.63. The molecule has 16 nitrogen and oxygen atoms in total. The summed E-state index contributed by atoms with van der Waals surface area (Å²) in [5, 5.41) is 4.82. The first kappa shape index (κ1) is 41.0. The first-order valence-corrected chi connectivity index (χ1v) is 23.8. The lowest BCUT2D eigenvalue weighted by Gasteiger charge is -2.32. The van der Waals surface area contributed by atoms with Crippen LogP contribution in [-0.4, -0.2) is 96.9 Å². The summed E-state index contributed by atoms with van der Waals surface area (Å²) in [5.74, 6) is 2.47. The van der Waals surface area contributed by atoms with E-state index in [0.29, 0.717) is 36.6 Å². The number of halogens is 1. The van der Waals surface area contributed by atoms with Crippen LogP contribution in [0.25, 0.3) is 22.1 Å². The molecule has 4 aliphatic rings. The van der Waals surface area contributed by atoms with Crippen molar-refractivity contribution in [2.24, 2.45) is 0 Å². The topological polar surface area (TPSA) is 189 Å². The summed E-state index contributed by atoms with van der Waals surface area (Å²) in [6, 6.07) is 12.2. The minimum absolute atomic E-state index is 0.144. The van der Waals surface area contributed by atoms with Crippen molar-refractivity contribution in [1.82, 2.24) is 48.7 Å². The fourth-order valence-electron chi connectivity index (χ4n) is 7.40. The quantitative estimate of drug-likeness (QED) is 0.153. The molecule has 59 heavy (non-hydrogen) atoms.